The van der Waals surface area contributed by atoms with Crippen molar-refractivity contribution in [3.05, 3.63) is 52.5 Å². The fraction of sp³-hybridized carbons (Fsp3) is 0.143. The summed E-state index contributed by atoms with van der Waals surface area (Å²) in [7, 11) is 0. The van der Waals surface area contributed by atoms with Gasteiger partial charge in [-0.3, -0.25) is 0 Å². The molecule has 0 spiro atoms. The average Bonchev–Trinajstić information content (AvgIpc) is 2.36. The Hall–Kier alpha value is -1.38. The topological polar surface area (TPSA) is 18.5 Å². The van der Waals surface area contributed by atoms with Crippen molar-refractivity contribution in [3.8, 4) is 17.2 Å². The summed E-state index contributed by atoms with van der Waals surface area (Å²) in [5.41, 5.74) is 0. The number of hydrogen-bond donors (Lipinski definition) is 0. The summed E-state index contributed by atoms with van der Waals surface area (Å²) in [6, 6.07) is 12.5. The van der Waals surface area contributed by atoms with Crippen molar-refractivity contribution < 1.29 is 9.47 Å². The molecule has 0 radical (unpaired) electrons. The normalized spacial score (nSPS) is 10.2. The molecule has 0 amide bonds. The van der Waals surface area contributed by atoms with Crippen molar-refractivity contribution in [2.24, 2.45) is 0 Å². The molecule has 0 saturated heterocycles. The van der Waals surface area contributed by atoms with Gasteiger partial charge in [-0.1, -0.05) is 23.2 Å². The Morgan fingerprint density at radius 1 is 0.944 bits per heavy atom. The standard InChI is InChI=1S/C14H12Cl2O2/c1-2-17-14-8-7-12(9-13(14)16)18-11-5-3-10(15)4-6-11/h3-9H,2H2,1H3. The van der Waals surface area contributed by atoms with Crippen LogP contribution in [0.2, 0.25) is 10.0 Å². The first-order chi connectivity index (χ1) is 8.69. The lowest BCUT2D eigenvalue weighted by atomic mass is 10.3. The molecule has 0 aliphatic heterocycles. The average molecular weight is 283 g/mol. The van der Waals surface area contributed by atoms with E-state index in [4.69, 9.17) is 32.7 Å². The molecule has 0 N–H and O–H groups in total. The van der Waals surface area contributed by atoms with Gasteiger partial charge in [-0.2, -0.15) is 0 Å². The lowest BCUT2D eigenvalue weighted by Gasteiger charge is -2.09. The molecule has 0 saturated carbocycles. The van der Waals surface area contributed by atoms with E-state index in [9.17, 15) is 0 Å². The molecule has 0 atom stereocenters. The third-order valence-corrected chi connectivity index (χ3v) is 2.80. The van der Waals surface area contributed by atoms with Crippen LogP contribution in [-0.4, -0.2) is 6.61 Å². The van der Waals surface area contributed by atoms with Crippen molar-refractivity contribution in [3.63, 3.8) is 0 Å². The van der Waals surface area contributed by atoms with Gasteiger partial charge in [0.05, 0.1) is 11.6 Å². The van der Waals surface area contributed by atoms with E-state index in [0.29, 0.717) is 33.9 Å². The lowest BCUT2D eigenvalue weighted by Crippen LogP contribution is -1.92. The first-order valence-corrected chi connectivity index (χ1v) is 6.30. The second-order valence-electron chi connectivity index (χ2n) is 3.58. The first-order valence-electron chi connectivity index (χ1n) is 5.55. The van der Waals surface area contributed by atoms with Gasteiger partial charge in [-0.15, -0.1) is 0 Å². The Morgan fingerprint density at radius 3 is 2.22 bits per heavy atom. The minimum Gasteiger partial charge on any atom is -0.492 e. The highest BCUT2D eigenvalue weighted by molar-refractivity contribution is 6.32. The zero-order valence-corrected chi connectivity index (χ0v) is 11.3. The third-order valence-electron chi connectivity index (χ3n) is 2.25. The minimum atomic E-state index is 0.531. The maximum atomic E-state index is 6.07. The van der Waals surface area contributed by atoms with Gasteiger partial charge in [-0.05, 0) is 43.3 Å². The second kappa shape index (κ2) is 5.98. The molecule has 0 aliphatic carbocycles. The summed E-state index contributed by atoms with van der Waals surface area (Å²) in [5, 5.41) is 1.20. The molecule has 0 heterocycles. The zero-order valence-electron chi connectivity index (χ0n) is 9.82. The van der Waals surface area contributed by atoms with Crippen LogP contribution < -0.4 is 9.47 Å². The highest BCUT2D eigenvalue weighted by atomic mass is 35.5. The van der Waals surface area contributed by atoms with Gasteiger partial charge >= 0.3 is 0 Å². The number of benzene rings is 2. The highest BCUT2D eigenvalue weighted by Gasteiger charge is 2.04. The molecule has 0 unspecified atom stereocenters. The fourth-order valence-electron chi connectivity index (χ4n) is 1.46. The van der Waals surface area contributed by atoms with Crippen LogP contribution in [-0.2, 0) is 0 Å². The van der Waals surface area contributed by atoms with Gasteiger partial charge in [0.25, 0.3) is 0 Å². The van der Waals surface area contributed by atoms with Gasteiger partial charge in [0.2, 0.25) is 0 Å². The number of rotatable bonds is 4. The zero-order chi connectivity index (χ0) is 13.0. The number of hydrogen-bond acceptors (Lipinski definition) is 2. The Kier molecular flexibility index (Phi) is 4.34. The number of halogens is 2. The SMILES string of the molecule is CCOc1ccc(Oc2ccc(Cl)cc2)cc1Cl. The lowest BCUT2D eigenvalue weighted by molar-refractivity contribution is 0.340. The van der Waals surface area contributed by atoms with Crippen LogP contribution in [0.4, 0.5) is 0 Å². The number of ether oxygens (including phenoxy) is 2. The van der Waals surface area contributed by atoms with Gasteiger partial charge in [0.15, 0.2) is 0 Å². The minimum absolute atomic E-state index is 0.531. The van der Waals surface area contributed by atoms with E-state index in [-0.39, 0.29) is 0 Å². The van der Waals surface area contributed by atoms with E-state index in [2.05, 4.69) is 0 Å². The van der Waals surface area contributed by atoms with Crippen LogP contribution >= 0.6 is 23.2 Å². The van der Waals surface area contributed by atoms with Crippen LogP contribution in [0.3, 0.4) is 0 Å². The van der Waals surface area contributed by atoms with Crippen LogP contribution in [0.15, 0.2) is 42.5 Å². The fourth-order valence-corrected chi connectivity index (χ4v) is 1.81. The molecule has 2 nitrogen and oxygen atoms in total. The first kappa shape index (κ1) is 13.1. The van der Waals surface area contributed by atoms with Gasteiger partial charge in [0, 0.05) is 11.1 Å². The van der Waals surface area contributed by atoms with Gasteiger partial charge < -0.3 is 9.47 Å². The summed E-state index contributed by atoms with van der Waals surface area (Å²) in [6.07, 6.45) is 0. The summed E-state index contributed by atoms with van der Waals surface area (Å²) < 4.78 is 11.0. The maximum Gasteiger partial charge on any atom is 0.138 e. The summed E-state index contributed by atoms with van der Waals surface area (Å²) in [5.74, 6) is 2.02. The van der Waals surface area contributed by atoms with E-state index >= 15 is 0 Å². The van der Waals surface area contributed by atoms with Gasteiger partial charge in [-0.25, -0.2) is 0 Å². The molecule has 18 heavy (non-hydrogen) atoms. The molecule has 0 fully saturated rings. The molecule has 94 valence electrons. The van der Waals surface area contributed by atoms with E-state index in [1.807, 2.05) is 13.0 Å². The van der Waals surface area contributed by atoms with E-state index in [1.54, 1.807) is 36.4 Å². The summed E-state index contributed by atoms with van der Waals surface area (Å²) >= 11 is 11.9. The predicted molar refractivity (Wildman–Crippen MR) is 74.1 cm³/mol. The van der Waals surface area contributed by atoms with E-state index in [0.717, 1.165) is 0 Å². The smallest absolute Gasteiger partial charge is 0.138 e. The van der Waals surface area contributed by atoms with Crippen LogP contribution in [0.1, 0.15) is 6.92 Å². The van der Waals surface area contributed by atoms with E-state index in [1.165, 1.54) is 0 Å². The van der Waals surface area contributed by atoms with Crippen molar-refractivity contribution in [1.82, 2.24) is 0 Å². The predicted octanol–water partition coefficient (Wildman–Crippen LogP) is 5.18. The van der Waals surface area contributed by atoms with Crippen molar-refractivity contribution in [1.29, 1.82) is 0 Å². The van der Waals surface area contributed by atoms with Crippen molar-refractivity contribution in [2.45, 2.75) is 6.92 Å². The maximum absolute atomic E-state index is 6.07. The Labute approximate surface area is 116 Å². The Balaban J connectivity index is 2.14. The molecule has 0 bridgehead atoms. The quantitative estimate of drug-likeness (QED) is 0.769. The Bertz CT molecular complexity index is 524. The molecule has 2 rings (SSSR count). The molecule has 2 aromatic carbocycles. The van der Waals surface area contributed by atoms with E-state index < -0.39 is 0 Å². The van der Waals surface area contributed by atoms with Crippen LogP contribution in [0.25, 0.3) is 0 Å². The molecular formula is C14H12Cl2O2. The van der Waals surface area contributed by atoms with Crippen molar-refractivity contribution in [2.75, 3.05) is 6.61 Å². The molecular weight excluding hydrogens is 271 g/mol. The Morgan fingerprint density at radius 2 is 1.61 bits per heavy atom. The summed E-state index contributed by atoms with van der Waals surface area (Å²) in [4.78, 5) is 0. The summed E-state index contributed by atoms with van der Waals surface area (Å²) in [6.45, 7) is 2.49. The van der Waals surface area contributed by atoms with Crippen molar-refractivity contribution >= 4 is 23.2 Å². The molecule has 2 aromatic rings. The largest absolute Gasteiger partial charge is 0.492 e. The van der Waals surface area contributed by atoms with Gasteiger partial charge in [0.1, 0.15) is 17.2 Å². The molecule has 0 aliphatic rings. The molecule has 4 heteroatoms. The highest BCUT2D eigenvalue weighted by Crippen LogP contribution is 2.31. The monoisotopic (exact) mass is 282 g/mol. The van der Waals surface area contributed by atoms with Crippen LogP contribution in [0.5, 0.6) is 17.2 Å². The van der Waals surface area contributed by atoms with Crippen LogP contribution in [0, 0.1) is 0 Å². The molecule has 0 aromatic heterocycles. The second-order valence-corrected chi connectivity index (χ2v) is 4.42. The third kappa shape index (κ3) is 3.31.